The predicted molar refractivity (Wildman–Crippen MR) is 117 cm³/mol. The zero-order valence-corrected chi connectivity index (χ0v) is 18.5. The lowest BCUT2D eigenvalue weighted by molar-refractivity contribution is -0.0106. The number of piperidine rings is 1. The van der Waals surface area contributed by atoms with E-state index in [0.717, 1.165) is 5.56 Å². The quantitative estimate of drug-likeness (QED) is 0.725. The minimum absolute atomic E-state index is 0.138. The average molecular weight is 445 g/mol. The van der Waals surface area contributed by atoms with Gasteiger partial charge in [-0.2, -0.15) is 0 Å². The molecule has 7 nitrogen and oxygen atoms in total. The molecule has 2 aromatic carbocycles. The Morgan fingerprint density at radius 1 is 1.16 bits per heavy atom. The van der Waals surface area contributed by atoms with Gasteiger partial charge in [-0.05, 0) is 38.5 Å². The highest BCUT2D eigenvalue weighted by molar-refractivity contribution is 5.95. The smallest absolute Gasteiger partial charge is 0.410 e. The van der Waals surface area contributed by atoms with Crippen LogP contribution in [0.1, 0.15) is 43.1 Å². The minimum Gasteiger partial charge on any atom is -0.489 e. The fourth-order valence-corrected chi connectivity index (χ4v) is 3.31. The van der Waals surface area contributed by atoms with Crippen molar-refractivity contribution in [2.45, 2.75) is 51.7 Å². The van der Waals surface area contributed by atoms with Gasteiger partial charge >= 0.3 is 6.09 Å². The fraction of sp³-hybridized carbons (Fsp3) is 0.417. The van der Waals surface area contributed by atoms with Crippen molar-refractivity contribution < 1.29 is 28.2 Å². The average Bonchev–Trinajstić information content (AvgIpc) is 2.73. The summed E-state index contributed by atoms with van der Waals surface area (Å²) < 4.78 is 31.8. The van der Waals surface area contributed by atoms with E-state index in [1.807, 2.05) is 30.3 Å². The molecule has 2 amide bonds. The summed E-state index contributed by atoms with van der Waals surface area (Å²) in [5.41, 5.74) is 5.92. The Morgan fingerprint density at radius 2 is 1.88 bits per heavy atom. The van der Waals surface area contributed by atoms with Crippen LogP contribution < -0.4 is 15.2 Å². The third kappa shape index (κ3) is 6.35. The third-order valence-electron chi connectivity index (χ3n) is 4.88. The van der Waals surface area contributed by atoms with Gasteiger partial charge in [0.2, 0.25) is 0 Å². The van der Waals surface area contributed by atoms with E-state index >= 15 is 0 Å². The van der Waals surface area contributed by atoms with Gasteiger partial charge in [-0.25, -0.2) is 9.18 Å². The number of carbonyl (C=O) groups excluding carboxylic acids is 2. The van der Waals surface area contributed by atoms with Gasteiger partial charge in [-0.3, -0.25) is 4.79 Å². The highest BCUT2D eigenvalue weighted by atomic mass is 19.1. The first-order valence-corrected chi connectivity index (χ1v) is 10.5. The van der Waals surface area contributed by atoms with Crippen LogP contribution in [0.15, 0.2) is 48.5 Å². The molecule has 3 rings (SSSR count). The van der Waals surface area contributed by atoms with Crippen LogP contribution in [0.5, 0.6) is 11.5 Å². The Hall–Kier alpha value is -3.29. The van der Waals surface area contributed by atoms with Gasteiger partial charge in [0, 0.05) is 19.0 Å². The van der Waals surface area contributed by atoms with Gasteiger partial charge in [0.05, 0.1) is 12.1 Å². The van der Waals surface area contributed by atoms with Gasteiger partial charge in [-0.15, -0.1) is 0 Å². The Kier molecular flexibility index (Phi) is 7.22. The molecule has 1 fully saturated rings. The van der Waals surface area contributed by atoms with Crippen molar-refractivity contribution >= 4 is 12.0 Å². The van der Waals surface area contributed by atoms with Crippen molar-refractivity contribution in [2.24, 2.45) is 5.73 Å². The second-order valence-corrected chi connectivity index (χ2v) is 8.68. The van der Waals surface area contributed by atoms with Gasteiger partial charge in [0.15, 0.2) is 6.17 Å². The van der Waals surface area contributed by atoms with Gasteiger partial charge in [0.1, 0.15) is 29.8 Å². The molecule has 0 aliphatic carbocycles. The molecule has 1 heterocycles. The lowest BCUT2D eigenvalue weighted by Crippen LogP contribution is -2.50. The number of primary amides is 1. The number of halogens is 1. The molecule has 0 aromatic heterocycles. The molecular formula is C24H29FN2O5. The van der Waals surface area contributed by atoms with Crippen LogP contribution in [0.3, 0.4) is 0 Å². The highest BCUT2D eigenvalue weighted by Crippen LogP contribution is 2.29. The normalized spacial score (nSPS) is 18.7. The summed E-state index contributed by atoms with van der Waals surface area (Å²) in [5, 5.41) is 0. The molecule has 0 saturated carbocycles. The van der Waals surface area contributed by atoms with Gasteiger partial charge in [-0.1, -0.05) is 30.3 Å². The maximum Gasteiger partial charge on any atom is 0.410 e. The molecule has 1 aliphatic rings. The molecule has 0 radical (unpaired) electrons. The Bertz CT molecular complexity index is 945. The summed E-state index contributed by atoms with van der Waals surface area (Å²) in [5.74, 6) is -0.0620. The van der Waals surface area contributed by atoms with Crippen molar-refractivity contribution in [3.8, 4) is 11.5 Å². The minimum atomic E-state index is -1.45. The fourth-order valence-electron chi connectivity index (χ4n) is 3.31. The molecule has 0 unspecified atom stereocenters. The van der Waals surface area contributed by atoms with Crippen LogP contribution >= 0.6 is 0 Å². The maximum atomic E-state index is 14.9. The molecule has 32 heavy (non-hydrogen) atoms. The molecule has 8 heteroatoms. The molecule has 2 N–H and O–H groups in total. The van der Waals surface area contributed by atoms with Crippen LogP contribution in [0, 0.1) is 0 Å². The number of rotatable bonds is 6. The second-order valence-electron chi connectivity index (χ2n) is 8.68. The lowest BCUT2D eigenvalue weighted by Gasteiger charge is -2.35. The van der Waals surface area contributed by atoms with Crippen molar-refractivity contribution in [3.63, 3.8) is 0 Å². The number of nitrogens with zero attached hydrogens (tertiary/aromatic N) is 1. The summed E-state index contributed by atoms with van der Waals surface area (Å²) in [6.45, 7) is 5.71. The van der Waals surface area contributed by atoms with E-state index < -0.39 is 29.9 Å². The monoisotopic (exact) mass is 444 g/mol. The van der Waals surface area contributed by atoms with Crippen LogP contribution in [-0.4, -0.2) is 47.9 Å². The number of ether oxygens (including phenoxy) is 3. The zero-order chi connectivity index (χ0) is 23.3. The van der Waals surface area contributed by atoms with Crippen molar-refractivity contribution in [3.05, 3.63) is 59.7 Å². The van der Waals surface area contributed by atoms with E-state index in [-0.39, 0.29) is 30.8 Å². The first-order chi connectivity index (χ1) is 15.1. The zero-order valence-electron chi connectivity index (χ0n) is 18.5. The van der Waals surface area contributed by atoms with Crippen molar-refractivity contribution in [2.75, 3.05) is 13.1 Å². The first-order valence-electron chi connectivity index (χ1n) is 10.5. The summed E-state index contributed by atoms with van der Waals surface area (Å²) >= 11 is 0. The summed E-state index contributed by atoms with van der Waals surface area (Å²) in [6, 6.07) is 14.3. The molecule has 0 spiro atoms. The summed E-state index contributed by atoms with van der Waals surface area (Å²) in [7, 11) is 0. The molecule has 1 saturated heterocycles. The lowest BCUT2D eigenvalue weighted by atomic mass is 10.1. The van der Waals surface area contributed by atoms with Crippen LogP contribution in [0.4, 0.5) is 9.18 Å². The Balaban J connectivity index is 1.67. The van der Waals surface area contributed by atoms with Gasteiger partial charge in [0.25, 0.3) is 5.91 Å². The molecular weight excluding hydrogens is 415 g/mol. The standard InChI is InChI=1S/C24H29FN2O5/c1-24(2,3)32-23(29)27-12-11-20(19(25)14-27)31-21-13-17(9-10-18(21)22(26)28)30-15-16-7-5-4-6-8-16/h4-10,13,19-20H,11-12,14-15H2,1-3H3,(H2,26,28)/t19-,20-/m1/s1. The number of hydrogen-bond acceptors (Lipinski definition) is 5. The number of hydrogen-bond donors (Lipinski definition) is 1. The van der Waals surface area contributed by atoms with E-state index in [0.29, 0.717) is 12.4 Å². The third-order valence-corrected chi connectivity index (χ3v) is 4.88. The van der Waals surface area contributed by atoms with Crippen LogP contribution in [0.25, 0.3) is 0 Å². The molecule has 0 bridgehead atoms. The van der Waals surface area contributed by atoms with E-state index in [1.54, 1.807) is 26.8 Å². The second kappa shape index (κ2) is 9.89. The van der Waals surface area contributed by atoms with Gasteiger partial charge < -0.3 is 24.8 Å². The van der Waals surface area contributed by atoms with Crippen LogP contribution in [0.2, 0.25) is 0 Å². The highest BCUT2D eigenvalue weighted by Gasteiger charge is 2.35. The number of likely N-dealkylation sites (tertiary alicyclic amines) is 1. The van der Waals surface area contributed by atoms with Crippen LogP contribution in [-0.2, 0) is 11.3 Å². The largest absolute Gasteiger partial charge is 0.489 e. The predicted octanol–water partition coefficient (Wildman–Crippen LogP) is 4.09. The Labute approximate surface area is 187 Å². The maximum absolute atomic E-state index is 14.9. The Morgan fingerprint density at radius 3 is 2.50 bits per heavy atom. The van der Waals surface area contributed by atoms with E-state index in [4.69, 9.17) is 19.9 Å². The molecule has 2 atom stereocenters. The number of benzene rings is 2. The number of nitrogens with two attached hydrogens (primary N) is 1. The van der Waals surface area contributed by atoms with E-state index in [1.165, 1.54) is 17.0 Å². The molecule has 1 aliphatic heterocycles. The topological polar surface area (TPSA) is 91.1 Å². The number of carbonyl (C=O) groups is 2. The molecule has 2 aromatic rings. The molecule has 172 valence electrons. The summed E-state index contributed by atoms with van der Waals surface area (Å²) in [4.78, 5) is 25.4. The van der Waals surface area contributed by atoms with Crippen molar-refractivity contribution in [1.29, 1.82) is 0 Å². The SMILES string of the molecule is CC(C)(C)OC(=O)N1CC[C@@H](Oc2cc(OCc3ccccc3)ccc2C(N)=O)[C@H](F)C1. The first kappa shape index (κ1) is 23.4. The number of amides is 2. The number of alkyl halides is 1. The van der Waals surface area contributed by atoms with E-state index in [2.05, 4.69) is 0 Å². The summed E-state index contributed by atoms with van der Waals surface area (Å²) in [6.07, 6.45) is -2.61. The van der Waals surface area contributed by atoms with Crippen molar-refractivity contribution in [1.82, 2.24) is 4.90 Å². The van der Waals surface area contributed by atoms with E-state index in [9.17, 15) is 14.0 Å².